The van der Waals surface area contributed by atoms with Gasteiger partial charge in [0.15, 0.2) is 0 Å². The number of methoxy groups -OCH3 is 2. The lowest BCUT2D eigenvalue weighted by Crippen LogP contribution is -2.34. The van der Waals surface area contributed by atoms with Gasteiger partial charge in [-0.05, 0) is 18.2 Å². The third kappa shape index (κ3) is 5.33. The van der Waals surface area contributed by atoms with Gasteiger partial charge in [0.05, 0.1) is 25.5 Å². The number of amides is 2. The molecule has 1 N–H and O–H groups in total. The van der Waals surface area contributed by atoms with Crippen LogP contribution in [0.5, 0.6) is 5.75 Å². The SMILES string of the molecule is COC(=O)c1ccccc1N(CCC(=O)NCc1ccccc1OC)C(C)=O. The molecule has 2 aromatic carbocycles. The maximum absolute atomic E-state index is 12.3. The van der Waals surface area contributed by atoms with Crippen LogP contribution in [0.3, 0.4) is 0 Å². The van der Waals surface area contributed by atoms with Crippen molar-refractivity contribution < 1.29 is 23.9 Å². The molecular weight excluding hydrogens is 360 g/mol. The number of benzene rings is 2. The van der Waals surface area contributed by atoms with E-state index in [9.17, 15) is 14.4 Å². The molecule has 7 nitrogen and oxygen atoms in total. The van der Waals surface area contributed by atoms with Crippen molar-refractivity contribution in [2.24, 2.45) is 0 Å². The van der Waals surface area contributed by atoms with Crippen molar-refractivity contribution >= 4 is 23.5 Å². The fourth-order valence-corrected chi connectivity index (χ4v) is 2.78. The molecule has 0 spiro atoms. The van der Waals surface area contributed by atoms with Crippen molar-refractivity contribution in [3.8, 4) is 5.75 Å². The van der Waals surface area contributed by atoms with Gasteiger partial charge in [-0.1, -0.05) is 30.3 Å². The minimum Gasteiger partial charge on any atom is -0.496 e. The monoisotopic (exact) mass is 384 g/mol. The number of rotatable bonds is 8. The summed E-state index contributed by atoms with van der Waals surface area (Å²) < 4.78 is 10.0. The maximum Gasteiger partial charge on any atom is 0.339 e. The number of hydrogen-bond acceptors (Lipinski definition) is 5. The second-order valence-corrected chi connectivity index (χ2v) is 6.02. The average molecular weight is 384 g/mol. The molecule has 2 amide bonds. The summed E-state index contributed by atoms with van der Waals surface area (Å²) in [5.41, 5.74) is 1.55. The maximum atomic E-state index is 12.3. The van der Waals surface area contributed by atoms with Crippen LogP contribution in [0.1, 0.15) is 29.3 Å². The summed E-state index contributed by atoms with van der Waals surface area (Å²) in [5, 5.41) is 2.82. The Kier molecular flexibility index (Phi) is 7.56. The molecule has 0 saturated carbocycles. The van der Waals surface area contributed by atoms with Crippen LogP contribution in [-0.2, 0) is 20.9 Å². The van der Waals surface area contributed by atoms with Gasteiger partial charge in [0, 0.05) is 32.0 Å². The highest BCUT2D eigenvalue weighted by molar-refractivity contribution is 6.02. The zero-order valence-electron chi connectivity index (χ0n) is 16.2. The Balaban J connectivity index is 2.03. The zero-order valence-corrected chi connectivity index (χ0v) is 16.2. The molecule has 0 aromatic heterocycles. The van der Waals surface area contributed by atoms with Crippen molar-refractivity contribution in [2.75, 3.05) is 25.7 Å². The third-order valence-electron chi connectivity index (χ3n) is 4.21. The van der Waals surface area contributed by atoms with Gasteiger partial charge in [0.2, 0.25) is 11.8 Å². The van der Waals surface area contributed by atoms with E-state index in [1.54, 1.807) is 31.4 Å². The number of nitrogens with zero attached hydrogens (tertiary/aromatic N) is 1. The molecular formula is C21H24N2O5. The molecule has 0 fully saturated rings. The Morgan fingerprint density at radius 3 is 2.36 bits per heavy atom. The Hall–Kier alpha value is -3.35. The van der Waals surface area contributed by atoms with E-state index in [2.05, 4.69) is 5.32 Å². The minimum atomic E-state index is -0.539. The van der Waals surface area contributed by atoms with E-state index in [-0.39, 0.29) is 30.3 Å². The smallest absolute Gasteiger partial charge is 0.339 e. The van der Waals surface area contributed by atoms with Gasteiger partial charge in [-0.15, -0.1) is 0 Å². The van der Waals surface area contributed by atoms with Crippen LogP contribution in [0.25, 0.3) is 0 Å². The fourth-order valence-electron chi connectivity index (χ4n) is 2.78. The average Bonchev–Trinajstić information content (AvgIpc) is 2.72. The first-order valence-electron chi connectivity index (χ1n) is 8.82. The van der Waals surface area contributed by atoms with E-state index in [1.165, 1.54) is 18.9 Å². The lowest BCUT2D eigenvalue weighted by molar-refractivity contribution is -0.121. The summed E-state index contributed by atoms with van der Waals surface area (Å²) in [6.45, 7) is 1.85. The van der Waals surface area contributed by atoms with Crippen LogP contribution >= 0.6 is 0 Å². The Morgan fingerprint density at radius 2 is 1.68 bits per heavy atom. The van der Waals surface area contributed by atoms with Crippen LogP contribution in [-0.4, -0.2) is 38.5 Å². The first kappa shape index (κ1) is 21.0. The fraction of sp³-hybridized carbons (Fsp3) is 0.286. The van der Waals surface area contributed by atoms with Crippen molar-refractivity contribution in [1.29, 1.82) is 0 Å². The summed E-state index contributed by atoms with van der Waals surface area (Å²) in [5.74, 6) is -0.329. The highest BCUT2D eigenvalue weighted by atomic mass is 16.5. The first-order chi connectivity index (χ1) is 13.5. The van der Waals surface area contributed by atoms with Gasteiger partial charge in [-0.2, -0.15) is 0 Å². The third-order valence-corrected chi connectivity index (χ3v) is 4.21. The van der Waals surface area contributed by atoms with E-state index >= 15 is 0 Å². The summed E-state index contributed by atoms with van der Waals surface area (Å²) in [6, 6.07) is 14.1. The largest absolute Gasteiger partial charge is 0.496 e. The van der Waals surface area contributed by atoms with Crippen LogP contribution < -0.4 is 15.0 Å². The minimum absolute atomic E-state index is 0.0875. The van der Waals surface area contributed by atoms with E-state index in [0.29, 0.717) is 18.0 Å². The summed E-state index contributed by atoms with van der Waals surface area (Å²) in [4.78, 5) is 37.7. The number of esters is 1. The summed E-state index contributed by atoms with van der Waals surface area (Å²) >= 11 is 0. The van der Waals surface area contributed by atoms with Gasteiger partial charge in [-0.3, -0.25) is 9.59 Å². The lowest BCUT2D eigenvalue weighted by atomic mass is 10.1. The summed E-state index contributed by atoms with van der Waals surface area (Å²) in [7, 11) is 2.85. The molecule has 2 rings (SSSR count). The van der Waals surface area contributed by atoms with Gasteiger partial charge in [0.25, 0.3) is 0 Å². The quantitative estimate of drug-likeness (QED) is 0.707. The number of carbonyl (C=O) groups excluding carboxylic acids is 3. The number of nitrogens with one attached hydrogen (secondary N) is 1. The van der Waals surface area contributed by atoms with E-state index in [4.69, 9.17) is 9.47 Å². The van der Waals surface area contributed by atoms with Gasteiger partial charge < -0.3 is 19.7 Å². The van der Waals surface area contributed by atoms with E-state index in [0.717, 1.165) is 5.56 Å². The molecule has 0 atom stereocenters. The molecule has 0 saturated heterocycles. The molecule has 0 bridgehead atoms. The lowest BCUT2D eigenvalue weighted by Gasteiger charge is -2.23. The molecule has 0 radical (unpaired) electrons. The highest BCUT2D eigenvalue weighted by Crippen LogP contribution is 2.22. The van der Waals surface area contributed by atoms with Crippen LogP contribution in [0.4, 0.5) is 5.69 Å². The number of ether oxygens (including phenoxy) is 2. The van der Waals surface area contributed by atoms with Gasteiger partial charge in [0.1, 0.15) is 5.75 Å². The Morgan fingerprint density at radius 1 is 1.00 bits per heavy atom. The standard InChI is InChI=1S/C21H24N2O5/c1-15(24)23(18-10-6-5-9-17(18)21(26)28-3)13-12-20(25)22-14-16-8-4-7-11-19(16)27-2/h4-11H,12-14H2,1-3H3,(H,22,25). The topological polar surface area (TPSA) is 84.9 Å². The normalized spacial score (nSPS) is 10.1. The van der Waals surface area contributed by atoms with Crippen LogP contribution in [0, 0.1) is 0 Å². The number of hydrogen-bond donors (Lipinski definition) is 1. The zero-order chi connectivity index (χ0) is 20.5. The number of carbonyl (C=O) groups is 3. The molecule has 2 aromatic rings. The molecule has 0 aliphatic rings. The molecule has 148 valence electrons. The number of anilines is 1. The van der Waals surface area contributed by atoms with Crippen molar-refractivity contribution in [2.45, 2.75) is 19.9 Å². The van der Waals surface area contributed by atoms with Crippen molar-refractivity contribution in [3.63, 3.8) is 0 Å². The predicted molar refractivity (Wildman–Crippen MR) is 105 cm³/mol. The summed E-state index contributed by atoms with van der Waals surface area (Å²) in [6.07, 6.45) is 0.0875. The van der Waals surface area contributed by atoms with Crippen molar-refractivity contribution in [1.82, 2.24) is 5.32 Å². The van der Waals surface area contributed by atoms with Gasteiger partial charge in [-0.25, -0.2) is 4.79 Å². The Labute approximate surface area is 164 Å². The molecule has 0 aliphatic carbocycles. The second kappa shape index (κ2) is 10.1. The molecule has 28 heavy (non-hydrogen) atoms. The van der Waals surface area contributed by atoms with E-state index < -0.39 is 5.97 Å². The molecule has 7 heteroatoms. The van der Waals surface area contributed by atoms with Gasteiger partial charge >= 0.3 is 5.97 Å². The van der Waals surface area contributed by atoms with Crippen molar-refractivity contribution in [3.05, 3.63) is 59.7 Å². The molecule has 0 aliphatic heterocycles. The Bertz CT molecular complexity index is 850. The predicted octanol–water partition coefficient (Wildman–Crippen LogP) is 2.54. The van der Waals surface area contributed by atoms with Crippen LogP contribution in [0.15, 0.2) is 48.5 Å². The molecule has 0 heterocycles. The first-order valence-corrected chi connectivity index (χ1v) is 8.82. The highest BCUT2D eigenvalue weighted by Gasteiger charge is 2.20. The molecule has 0 unspecified atom stereocenters. The van der Waals surface area contributed by atoms with E-state index in [1.807, 2.05) is 24.3 Å². The second-order valence-electron chi connectivity index (χ2n) is 6.02. The van der Waals surface area contributed by atoms with Crippen LogP contribution in [0.2, 0.25) is 0 Å². The number of para-hydroxylation sites is 2.